The number of carbonyl (C=O) groups excluding carboxylic acids is 1. The van der Waals surface area contributed by atoms with Gasteiger partial charge >= 0.3 is 0 Å². The van der Waals surface area contributed by atoms with Crippen molar-refractivity contribution >= 4 is 34.0 Å². The molecule has 1 aromatic heterocycles. The van der Waals surface area contributed by atoms with Gasteiger partial charge in [-0.2, -0.15) is 0 Å². The van der Waals surface area contributed by atoms with Crippen molar-refractivity contribution in [2.45, 2.75) is 0 Å². The Morgan fingerprint density at radius 1 is 1.35 bits per heavy atom. The summed E-state index contributed by atoms with van der Waals surface area (Å²) in [5, 5.41) is 11.4. The Labute approximate surface area is 123 Å². The first-order valence-corrected chi connectivity index (χ1v) is 7.06. The predicted molar refractivity (Wildman–Crippen MR) is 76.2 cm³/mol. The fourth-order valence-electron chi connectivity index (χ4n) is 1.39. The molecule has 0 saturated heterocycles. The van der Waals surface area contributed by atoms with Gasteiger partial charge in [0.15, 0.2) is 0 Å². The summed E-state index contributed by atoms with van der Waals surface area (Å²) < 4.78 is 17.1. The Morgan fingerprint density at radius 3 is 2.75 bits per heavy atom. The van der Waals surface area contributed by atoms with Gasteiger partial charge in [0.1, 0.15) is 29.9 Å². The molecule has 1 heterocycles. The molecule has 1 N–H and O–H groups in total. The normalized spacial score (nSPS) is 10.3. The number of rotatable bonds is 6. The van der Waals surface area contributed by atoms with Crippen LogP contribution in [-0.4, -0.2) is 35.3 Å². The van der Waals surface area contributed by atoms with E-state index in [1.165, 1.54) is 11.3 Å². The predicted octanol–water partition coefficient (Wildman–Crippen LogP) is 2.73. The average molecular weight is 316 g/mol. The molecule has 0 bridgehead atoms. The number of anilines is 1. The lowest BCUT2D eigenvalue weighted by molar-refractivity contribution is -0.113. The third-order valence-electron chi connectivity index (χ3n) is 2.24. The molecular formula is C12H11ClFN3O2S. The SMILES string of the molecule is O=C(CCl)Nc1nnc(-c2ccc(OCCF)cc2)s1. The quantitative estimate of drug-likeness (QED) is 0.833. The van der Waals surface area contributed by atoms with E-state index in [9.17, 15) is 9.18 Å². The van der Waals surface area contributed by atoms with Crippen LogP contribution in [0.15, 0.2) is 24.3 Å². The van der Waals surface area contributed by atoms with Crippen LogP contribution in [0.4, 0.5) is 9.52 Å². The summed E-state index contributed by atoms with van der Waals surface area (Å²) >= 11 is 6.63. The lowest BCUT2D eigenvalue weighted by atomic mass is 10.2. The number of benzene rings is 1. The number of ether oxygens (including phenoxy) is 1. The first-order chi connectivity index (χ1) is 9.72. The van der Waals surface area contributed by atoms with Crippen LogP contribution in [0, 0.1) is 0 Å². The summed E-state index contributed by atoms with van der Waals surface area (Å²) in [4.78, 5) is 11.1. The van der Waals surface area contributed by atoms with Crippen LogP contribution < -0.4 is 10.1 Å². The number of amides is 1. The molecule has 106 valence electrons. The van der Waals surface area contributed by atoms with Crippen molar-refractivity contribution < 1.29 is 13.9 Å². The lowest BCUT2D eigenvalue weighted by Crippen LogP contribution is -2.12. The number of nitrogens with zero attached hydrogens (tertiary/aromatic N) is 2. The Kier molecular flexibility index (Phi) is 5.25. The molecule has 0 radical (unpaired) electrons. The molecule has 8 heteroatoms. The number of alkyl halides is 2. The summed E-state index contributed by atoms with van der Waals surface area (Å²) in [6.07, 6.45) is 0. The molecule has 0 aliphatic heterocycles. The first-order valence-electron chi connectivity index (χ1n) is 5.71. The van der Waals surface area contributed by atoms with Crippen molar-refractivity contribution in [3.05, 3.63) is 24.3 Å². The first kappa shape index (κ1) is 14.7. The third kappa shape index (κ3) is 3.88. The summed E-state index contributed by atoms with van der Waals surface area (Å²) in [5.74, 6) is 0.131. The van der Waals surface area contributed by atoms with E-state index in [4.69, 9.17) is 16.3 Å². The zero-order chi connectivity index (χ0) is 14.4. The number of hydrogen-bond acceptors (Lipinski definition) is 5. The van der Waals surface area contributed by atoms with E-state index < -0.39 is 6.67 Å². The largest absolute Gasteiger partial charge is 0.491 e. The Balaban J connectivity index is 2.06. The maximum atomic E-state index is 12.0. The number of aromatic nitrogens is 2. The number of hydrogen-bond donors (Lipinski definition) is 1. The molecule has 0 spiro atoms. The zero-order valence-corrected chi connectivity index (χ0v) is 11.9. The molecule has 1 amide bonds. The van der Waals surface area contributed by atoms with Crippen LogP contribution in [0.25, 0.3) is 10.6 Å². The maximum Gasteiger partial charge on any atom is 0.241 e. The zero-order valence-electron chi connectivity index (χ0n) is 10.3. The van der Waals surface area contributed by atoms with E-state index in [-0.39, 0.29) is 18.4 Å². The van der Waals surface area contributed by atoms with Gasteiger partial charge in [0.25, 0.3) is 0 Å². The van der Waals surface area contributed by atoms with E-state index in [1.807, 2.05) is 0 Å². The second-order valence-corrected chi connectivity index (χ2v) is 4.90. The molecule has 0 atom stereocenters. The molecule has 5 nitrogen and oxygen atoms in total. The molecule has 0 aliphatic carbocycles. The molecule has 0 aliphatic rings. The van der Waals surface area contributed by atoms with E-state index in [1.54, 1.807) is 24.3 Å². The van der Waals surface area contributed by atoms with Gasteiger partial charge in [0, 0.05) is 5.56 Å². The van der Waals surface area contributed by atoms with Crippen molar-refractivity contribution in [2.24, 2.45) is 0 Å². The Morgan fingerprint density at radius 2 is 2.10 bits per heavy atom. The lowest BCUT2D eigenvalue weighted by Gasteiger charge is -2.03. The van der Waals surface area contributed by atoms with Crippen molar-refractivity contribution in [3.8, 4) is 16.3 Å². The van der Waals surface area contributed by atoms with Crippen molar-refractivity contribution in [1.29, 1.82) is 0 Å². The van der Waals surface area contributed by atoms with Crippen molar-refractivity contribution in [1.82, 2.24) is 10.2 Å². The fraction of sp³-hybridized carbons (Fsp3) is 0.250. The summed E-state index contributed by atoms with van der Waals surface area (Å²) in [5.41, 5.74) is 0.835. The van der Waals surface area contributed by atoms with Gasteiger partial charge in [0.2, 0.25) is 11.0 Å². The van der Waals surface area contributed by atoms with Gasteiger partial charge in [-0.25, -0.2) is 4.39 Å². The second-order valence-electron chi connectivity index (χ2n) is 3.66. The van der Waals surface area contributed by atoms with Crippen LogP contribution in [-0.2, 0) is 4.79 Å². The Hall–Kier alpha value is -1.73. The molecular weight excluding hydrogens is 305 g/mol. The third-order valence-corrected chi connectivity index (χ3v) is 3.37. The highest BCUT2D eigenvalue weighted by molar-refractivity contribution is 7.18. The number of carbonyl (C=O) groups is 1. The van der Waals surface area contributed by atoms with E-state index in [0.717, 1.165) is 5.56 Å². The van der Waals surface area contributed by atoms with Crippen molar-refractivity contribution in [3.63, 3.8) is 0 Å². The van der Waals surface area contributed by atoms with E-state index in [0.29, 0.717) is 15.9 Å². The molecule has 20 heavy (non-hydrogen) atoms. The second kappa shape index (κ2) is 7.16. The molecule has 1 aromatic carbocycles. The highest BCUT2D eigenvalue weighted by atomic mass is 35.5. The minimum absolute atomic E-state index is 0.0345. The van der Waals surface area contributed by atoms with Gasteiger partial charge in [-0.05, 0) is 24.3 Å². The molecule has 0 saturated carbocycles. The summed E-state index contributed by atoms with van der Waals surface area (Å²) in [6, 6.07) is 7.04. The molecule has 2 aromatic rings. The summed E-state index contributed by atoms with van der Waals surface area (Å²) in [7, 11) is 0. The minimum Gasteiger partial charge on any atom is -0.491 e. The number of nitrogens with one attached hydrogen (secondary N) is 1. The topological polar surface area (TPSA) is 64.1 Å². The van der Waals surface area contributed by atoms with E-state index >= 15 is 0 Å². The highest BCUT2D eigenvalue weighted by Gasteiger charge is 2.09. The van der Waals surface area contributed by atoms with Gasteiger partial charge in [0.05, 0.1) is 0 Å². The van der Waals surface area contributed by atoms with Crippen LogP contribution >= 0.6 is 22.9 Å². The number of halogens is 2. The minimum atomic E-state index is -0.526. The standard InChI is InChI=1S/C12H11ClFN3O2S/c13-7-10(18)15-12-17-16-11(20-12)8-1-3-9(4-2-8)19-6-5-14/h1-4H,5-7H2,(H,15,17,18). The molecule has 2 rings (SSSR count). The van der Waals surface area contributed by atoms with Gasteiger partial charge < -0.3 is 4.74 Å². The average Bonchev–Trinajstić information content (AvgIpc) is 2.94. The van der Waals surface area contributed by atoms with Crippen LogP contribution in [0.1, 0.15) is 0 Å². The highest BCUT2D eigenvalue weighted by Crippen LogP contribution is 2.27. The van der Waals surface area contributed by atoms with Crippen LogP contribution in [0.2, 0.25) is 0 Å². The smallest absolute Gasteiger partial charge is 0.241 e. The maximum absolute atomic E-state index is 12.0. The molecule has 0 fully saturated rings. The van der Waals surface area contributed by atoms with E-state index in [2.05, 4.69) is 15.5 Å². The van der Waals surface area contributed by atoms with Crippen molar-refractivity contribution in [2.75, 3.05) is 24.5 Å². The monoisotopic (exact) mass is 315 g/mol. The van der Waals surface area contributed by atoms with Gasteiger partial charge in [-0.15, -0.1) is 21.8 Å². The fourth-order valence-corrected chi connectivity index (χ4v) is 2.23. The van der Waals surface area contributed by atoms with Gasteiger partial charge in [-0.3, -0.25) is 10.1 Å². The van der Waals surface area contributed by atoms with Crippen LogP contribution in [0.3, 0.4) is 0 Å². The van der Waals surface area contributed by atoms with Gasteiger partial charge in [-0.1, -0.05) is 11.3 Å². The van der Waals surface area contributed by atoms with Crippen LogP contribution in [0.5, 0.6) is 5.75 Å². The molecule has 0 unspecified atom stereocenters. The summed E-state index contributed by atoms with van der Waals surface area (Å²) in [6.45, 7) is -0.492. The Bertz CT molecular complexity index is 576.